The summed E-state index contributed by atoms with van der Waals surface area (Å²) in [4.78, 5) is 27.6. The number of hydrogen-bond acceptors (Lipinski definition) is 2. The Morgan fingerprint density at radius 2 is 1.80 bits per heavy atom. The van der Waals surface area contributed by atoms with Gasteiger partial charge in [-0.05, 0) is 36.5 Å². The smallest absolute Gasteiger partial charge is 0.242 e. The molecule has 2 amide bonds. The van der Waals surface area contributed by atoms with E-state index in [4.69, 9.17) is 11.6 Å². The summed E-state index contributed by atoms with van der Waals surface area (Å²) in [6, 6.07) is 13.5. The minimum absolute atomic E-state index is 0.159. The Bertz CT molecular complexity index is 822. The summed E-state index contributed by atoms with van der Waals surface area (Å²) in [6.07, 6.45) is 0.884. The summed E-state index contributed by atoms with van der Waals surface area (Å²) < 4.78 is 14.2. The topological polar surface area (TPSA) is 49.4 Å². The molecule has 0 spiro atoms. The molecule has 0 heterocycles. The molecular formula is C24H30ClFN2O2. The molecule has 0 saturated heterocycles. The summed E-state index contributed by atoms with van der Waals surface area (Å²) in [5.74, 6) is -0.718. The Kier molecular flexibility index (Phi) is 9.31. The van der Waals surface area contributed by atoms with Crippen molar-refractivity contribution in [2.45, 2.75) is 46.1 Å². The molecule has 0 aliphatic rings. The first-order valence-corrected chi connectivity index (χ1v) is 10.7. The lowest BCUT2D eigenvalue weighted by Crippen LogP contribution is -2.51. The zero-order chi connectivity index (χ0) is 22.1. The quantitative estimate of drug-likeness (QED) is 0.594. The average Bonchev–Trinajstić information content (AvgIpc) is 2.72. The van der Waals surface area contributed by atoms with Gasteiger partial charge in [0, 0.05) is 23.7 Å². The summed E-state index contributed by atoms with van der Waals surface area (Å²) in [6.45, 7) is 6.80. The van der Waals surface area contributed by atoms with Crippen LogP contribution in [0.1, 0.15) is 38.3 Å². The van der Waals surface area contributed by atoms with Crippen molar-refractivity contribution in [3.8, 4) is 0 Å². The highest BCUT2D eigenvalue weighted by Gasteiger charge is 2.29. The van der Waals surface area contributed by atoms with E-state index in [2.05, 4.69) is 5.32 Å². The molecule has 0 aromatic heterocycles. The molecule has 162 valence electrons. The van der Waals surface area contributed by atoms with Gasteiger partial charge in [-0.15, -0.1) is 0 Å². The minimum atomic E-state index is -0.620. The molecular weight excluding hydrogens is 403 g/mol. The predicted octanol–water partition coefficient (Wildman–Crippen LogP) is 4.64. The van der Waals surface area contributed by atoms with Crippen LogP contribution < -0.4 is 5.32 Å². The van der Waals surface area contributed by atoms with E-state index in [-0.39, 0.29) is 28.8 Å². The highest BCUT2D eigenvalue weighted by atomic mass is 35.5. The Morgan fingerprint density at radius 1 is 1.10 bits per heavy atom. The molecule has 1 atom stereocenters. The molecule has 0 radical (unpaired) electrons. The highest BCUT2D eigenvalue weighted by molar-refractivity contribution is 6.31. The Labute approximate surface area is 183 Å². The van der Waals surface area contributed by atoms with Gasteiger partial charge >= 0.3 is 0 Å². The molecule has 1 unspecified atom stereocenters. The fourth-order valence-electron chi connectivity index (χ4n) is 3.27. The van der Waals surface area contributed by atoms with Crippen molar-refractivity contribution in [3.63, 3.8) is 0 Å². The Hall–Kier alpha value is -2.40. The first-order chi connectivity index (χ1) is 14.3. The third kappa shape index (κ3) is 6.84. The summed E-state index contributed by atoms with van der Waals surface area (Å²) in [7, 11) is 0. The van der Waals surface area contributed by atoms with Crippen molar-refractivity contribution in [1.82, 2.24) is 10.2 Å². The van der Waals surface area contributed by atoms with E-state index in [1.165, 1.54) is 12.1 Å². The van der Waals surface area contributed by atoms with Crippen molar-refractivity contribution in [1.29, 1.82) is 0 Å². The largest absolute Gasteiger partial charge is 0.354 e. The van der Waals surface area contributed by atoms with Crippen LogP contribution in [-0.2, 0) is 22.4 Å². The van der Waals surface area contributed by atoms with Gasteiger partial charge in [-0.2, -0.15) is 0 Å². The SMILES string of the molecule is CCC(C(=O)NCC(C)C)N(CCc1ccccc1)C(=O)Cc1c(F)cccc1Cl. The fraction of sp³-hybridized carbons (Fsp3) is 0.417. The van der Waals surface area contributed by atoms with Gasteiger partial charge in [-0.1, -0.05) is 68.8 Å². The summed E-state index contributed by atoms with van der Waals surface area (Å²) >= 11 is 6.12. The number of amides is 2. The van der Waals surface area contributed by atoms with Gasteiger partial charge in [-0.25, -0.2) is 4.39 Å². The third-order valence-corrected chi connectivity index (χ3v) is 5.30. The summed E-state index contributed by atoms with van der Waals surface area (Å²) in [5, 5.41) is 3.13. The zero-order valence-electron chi connectivity index (χ0n) is 17.8. The second-order valence-corrected chi connectivity index (χ2v) is 8.17. The van der Waals surface area contributed by atoms with Gasteiger partial charge in [0.2, 0.25) is 11.8 Å². The van der Waals surface area contributed by atoms with Crippen LogP contribution in [0.2, 0.25) is 5.02 Å². The minimum Gasteiger partial charge on any atom is -0.354 e. The van der Waals surface area contributed by atoms with Crippen LogP contribution in [0.3, 0.4) is 0 Å². The van der Waals surface area contributed by atoms with Gasteiger partial charge < -0.3 is 10.2 Å². The molecule has 6 heteroatoms. The molecule has 30 heavy (non-hydrogen) atoms. The van der Waals surface area contributed by atoms with Gasteiger partial charge in [0.05, 0.1) is 6.42 Å². The third-order valence-electron chi connectivity index (χ3n) is 4.94. The average molecular weight is 433 g/mol. The second-order valence-electron chi connectivity index (χ2n) is 7.76. The van der Waals surface area contributed by atoms with Crippen LogP contribution >= 0.6 is 11.6 Å². The number of rotatable bonds is 10. The van der Waals surface area contributed by atoms with E-state index in [1.807, 2.05) is 51.1 Å². The number of halogens is 2. The molecule has 0 fully saturated rings. The monoisotopic (exact) mass is 432 g/mol. The molecule has 4 nitrogen and oxygen atoms in total. The first-order valence-electron chi connectivity index (χ1n) is 10.4. The second kappa shape index (κ2) is 11.7. The van der Waals surface area contributed by atoms with E-state index < -0.39 is 11.9 Å². The number of nitrogens with zero attached hydrogens (tertiary/aromatic N) is 1. The van der Waals surface area contributed by atoms with Gasteiger partial charge in [-0.3, -0.25) is 9.59 Å². The molecule has 2 aromatic rings. The van der Waals surface area contributed by atoms with Crippen molar-refractivity contribution >= 4 is 23.4 Å². The molecule has 2 rings (SSSR count). The lowest BCUT2D eigenvalue weighted by molar-refractivity contribution is -0.140. The van der Waals surface area contributed by atoms with Crippen molar-refractivity contribution in [2.75, 3.05) is 13.1 Å². The van der Waals surface area contributed by atoms with Crippen molar-refractivity contribution in [3.05, 3.63) is 70.5 Å². The van der Waals surface area contributed by atoms with Crippen LogP contribution in [-0.4, -0.2) is 35.8 Å². The van der Waals surface area contributed by atoms with Crippen molar-refractivity contribution < 1.29 is 14.0 Å². The number of hydrogen-bond donors (Lipinski definition) is 1. The predicted molar refractivity (Wildman–Crippen MR) is 119 cm³/mol. The van der Waals surface area contributed by atoms with Gasteiger partial charge in [0.25, 0.3) is 0 Å². The van der Waals surface area contributed by atoms with E-state index in [0.29, 0.717) is 31.8 Å². The lowest BCUT2D eigenvalue weighted by atomic mass is 10.1. The maximum atomic E-state index is 14.2. The maximum Gasteiger partial charge on any atom is 0.242 e. The molecule has 0 aliphatic carbocycles. The number of carbonyl (C=O) groups excluding carboxylic acids is 2. The number of nitrogens with one attached hydrogen (secondary N) is 1. The van der Waals surface area contributed by atoms with Gasteiger partial charge in [0.1, 0.15) is 11.9 Å². The number of carbonyl (C=O) groups is 2. The lowest BCUT2D eigenvalue weighted by Gasteiger charge is -2.31. The molecule has 0 bridgehead atoms. The maximum absolute atomic E-state index is 14.2. The van der Waals surface area contributed by atoms with Crippen LogP contribution in [0.15, 0.2) is 48.5 Å². The molecule has 1 N–H and O–H groups in total. The molecule has 0 saturated carbocycles. The summed E-state index contributed by atoms with van der Waals surface area (Å²) in [5.41, 5.74) is 1.22. The fourth-order valence-corrected chi connectivity index (χ4v) is 3.50. The van der Waals surface area contributed by atoms with E-state index in [0.717, 1.165) is 5.56 Å². The van der Waals surface area contributed by atoms with Crippen LogP contribution in [0.5, 0.6) is 0 Å². The molecule has 2 aromatic carbocycles. The molecule has 0 aliphatic heterocycles. The van der Waals surface area contributed by atoms with Crippen LogP contribution in [0, 0.1) is 11.7 Å². The normalized spacial score (nSPS) is 11.9. The zero-order valence-corrected chi connectivity index (χ0v) is 18.6. The van der Waals surface area contributed by atoms with E-state index in [9.17, 15) is 14.0 Å². The van der Waals surface area contributed by atoms with Crippen LogP contribution in [0.4, 0.5) is 4.39 Å². The van der Waals surface area contributed by atoms with Crippen molar-refractivity contribution in [2.24, 2.45) is 5.92 Å². The highest BCUT2D eigenvalue weighted by Crippen LogP contribution is 2.21. The van der Waals surface area contributed by atoms with Crippen LogP contribution in [0.25, 0.3) is 0 Å². The standard InChI is InChI=1S/C24H30ClFN2O2/c1-4-22(24(30)27-16-17(2)3)28(14-13-18-9-6-5-7-10-18)23(29)15-19-20(25)11-8-12-21(19)26/h5-12,17,22H,4,13-16H2,1-3H3,(H,27,30). The van der Waals surface area contributed by atoms with E-state index in [1.54, 1.807) is 11.0 Å². The van der Waals surface area contributed by atoms with Gasteiger partial charge in [0.15, 0.2) is 0 Å². The first kappa shape index (κ1) is 23.9. The Morgan fingerprint density at radius 3 is 2.40 bits per heavy atom. The Balaban J connectivity index is 2.24. The number of benzene rings is 2. The van der Waals surface area contributed by atoms with E-state index >= 15 is 0 Å².